The predicted octanol–water partition coefficient (Wildman–Crippen LogP) is 2.08. The molecule has 0 saturated carbocycles. The fraction of sp³-hybridized carbons (Fsp3) is 0.188. The molecule has 0 spiro atoms. The van der Waals surface area contributed by atoms with Crippen molar-refractivity contribution in [2.75, 3.05) is 13.7 Å². The molecule has 1 N–H and O–H groups in total. The van der Waals surface area contributed by atoms with E-state index in [4.69, 9.17) is 20.8 Å². The van der Waals surface area contributed by atoms with Crippen LogP contribution in [0.15, 0.2) is 45.9 Å². The number of carbonyl (C=O) groups is 1. The van der Waals surface area contributed by atoms with E-state index < -0.39 is 5.63 Å². The summed E-state index contributed by atoms with van der Waals surface area (Å²) in [5, 5.41) is 7.84. The second-order valence-electron chi connectivity index (χ2n) is 5.02. The van der Waals surface area contributed by atoms with Crippen LogP contribution in [0.5, 0.6) is 5.75 Å². The molecule has 124 valence electrons. The highest BCUT2D eigenvalue weighted by molar-refractivity contribution is 6.30. The van der Waals surface area contributed by atoms with Crippen LogP contribution in [0.25, 0.3) is 11.0 Å². The molecule has 24 heavy (non-hydrogen) atoms. The molecule has 0 atom stereocenters. The molecule has 0 unspecified atom stereocenters. The molecule has 2 aromatic heterocycles. The van der Waals surface area contributed by atoms with E-state index in [1.807, 2.05) is 0 Å². The summed E-state index contributed by atoms with van der Waals surface area (Å²) >= 11 is 5.78. The Kier molecular flexibility index (Phi) is 4.52. The number of halogens is 1. The third-order valence-electron chi connectivity index (χ3n) is 3.42. The zero-order chi connectivity index (χ0) is 17.1. The number of benzene rings is 1. The minimum absolute atomic E-state index is 0.252. The molecule has 0 radical (unpaired) electrons. The lowest BCUT2D eigenvalue weighted by Gasteiger charge is -2.08. The average molecular weight is 348 g/mol. The molecule has 8 heteroatoms. The molecule has 2 heterocycles. The lowest BCUT2D eigenvalue weighted by molar-refractivity contribution is 0.0953. The Morgan fingerprint density at radius 3 is 2.96 bits per heavy atom. The lowest BCUT2D eigenvalue weighted by atomic mass is 10.1. The van der Waals surface area contributed by atoms with Crippen LogP contribution in [-0.4, -0.2) is 29.3 Å². The van der Waals surface area contributed by atoms with Crippen molar-refractivity contribution < 1.29 is 13.9 Å². The number of aromatic nitrogens is 2. The summed E-state index contributed by atoms with van der Waals surface area (Å²) < 4.78 is 11.8. The summed E-state index contributed by atoms with van der Waals surface area (Å²) in [6, 6.07) is 6.12. The van der Waals surface area contributed by atoms with Gasteiger partial charge in [0.05, 0.1) is 30.4 Å². The molecule has 0 saturated heterocycles. The fourth-order valence-corrected chi connectivity index (χ4v) is 2.45. The first kappa shape index (κ1) is 16.1. The van der Waals surface area contributed by atoms with Crippen LogP contribution in [0.1, 0.15) is 10.4 Å². The average Bonchev–Trinajstić information content (AvgIpc) is 2.98. The van der Waals surface area contributed by atoms with E-state index in [1.165, 1.54) is 19.4 Å². The van der Waals surface area contributed by atoms with Crippen molar-refractivity contribution in [3.05, 3.63) is 57.7 Å². The highest BCUT2D eigenvalue weighted by Gasteiger charge is 2.13. The maximum Gasteiger partial charge on any atom is 0.337 e. The third-order valence-corrected chi connectivity index (χ3v) is 3.62. The maximum absolute atomic E-state index is 12.4. The van der Waals surface area contributed by atoms with Crippen molar-refractivity contribution in [1.29, 1.82) is 0 Å². The highest BCUT2D eigenvalue weighted by atomic mass is 35.5. The molecule has 0 aliphatic rings. The van der Waals surface area contributed by atoms with E-state index in [1.54, 1.807) is 29.1 Å². The number of hydrogen-bond acceptors (Lipinski definition) is 5. The monoisotopic (exact) mass is 347 g/mol. The van der Waals surface area contributed by atoms with Gasteiger partial charge in [-0.05, 0) is 12.1 Å². The van der Waals surface area contributed by atoms with Crippen molar-refractivity contribution in [2.24, 2.45) is 0 Å². The molecular weight excluding hydrogens is 334 g/mol. The quantitative estimate of drug-likeness (QED) is 0.714. The van der Waals surface area contributed by atoms with Gasteiger partial charge in [-0.3, -0.25) is 9.48 Å². The van der Waals surface area contributed by atoms with Gasteiger partial charge in [-0.15, -0.1) is 0 Å². The first-order chi connectivity index (χ1) is 11.6. The SMILES string of the molecule is COc1ccc2c(C(=O)NCCn3cc(Cl)cn3)cc(=O)oc2c1. The van der Waals surface area contributed by atoms with Gasteiger partial charge in [0, 0.05) is 30.3 Å². The Morgan fingerprint density at radius 1 is 1.42 bits per heavy atom. The Morgan fingerprint density at radius 2 is 2.25 bits per heavy atom. The molecular formula is C16H14ClN3O4. The van der Waals surface area contributed by atoms with Crippen molar-refractivity contribution in [2.45, 2.75) is 6.54 Å². The van der Waals surface area contributed by atoms with Crippen LogP contribution in [0, 0.1) is 0 Å². The van der Waals surface area contributed by atoms with E-state index in [0.717, 1.165) is 0 Å². The number of fused-ring (bicyclic) bond motifs is 1. The first-order valence-corrected chi connectivity index (χ1v) is 7.52. The Bertz CT molecular complexity index is 948. The minimum Gasteiger partial charge on any atom is -0.497 e. The van der Waals surface area contributed by atoms with Gasteiger partial charge in [-0.1, -0.05) is 11.6 Å². The Labute approximate surface area is 141 Å². The number of methoxy groups -OCH3 is 1. The normalized spacial score (nSPS) is 10.8. The van der Waals surface area contributed by atoms with E-state index >= 15 is 0 Å². The van der Waals surface area contributed by atoms with Crippen LogP contribution in [0.3, 0.4) is 0 Å². The van der Waals surface area contributed by atoms with E-state index in [0.29, 0.717) is 34.8 Å². The highest BCUT2D eigenvalue weighted by Crippen LogP contribution is 2.22. The second kappa shape index (κ2) is 6.76. The van der Waals surface area contributed by atoms with Gasteiger partial charge < -0.3 is 14.5 Å². The number of carbonyl (C=O) groups excluding carboxylic acids is 1. The molecule has 0 fully saturated rings. The minimum atomic E-state index is -0.597. The number of ether oxygens (including phenoxy) is 1. The summed E-state index contributed by atoms with van der Waals surface area (Å²) in [4.78, 5) is 24.1. The standard InChI is InChI=1S/C16H14ClN3O4/c1-23-11-2-3-12-13(7-15(21)24-14(12)6-11)16(22)18-4-5-20-9-10(17)8-19-20/h2-3,6-9H,4-5H2,1H3,(H,18,22). The Hall–Kier alpha value is -2.80. The van der Waals surface area contributed by atoms with Gasteiger partial charge >= 0.3 is 5.63 Å². The fourth-order valence-electron chi connectivity index (χ4n) is 2.30. The summed E-state index contributed by atoms with van der Waals surface area (Å²) in [5.41, 5.74) is -0.0481. The van der Waals surface area contributed by atoms with Gasteiger partial charge in [-0.2, -0.15) is 5.10 Å². The van der Waals surface area contributed by atoms with Crippen LogP contribution < -0.4 is 15.7 Å². The van der Waals surface area contributed by atoms with Gasteiger partial charge in [-0.25, -0.2) is 4.79 Å². The van der Waals surface area contributed by atoms with Gasteiger partial charge in [0.15, 0.2) is 0 Å². The third kappa shape index (κ3) is 3.41. The first-order valence-electron chi connectivity index (χ1n) is 7.15. The topological polar surface area (TPSA) is 86.4 Å². The van der Waals surface area contributed by atoms with Crippen molar-refractivity contribution >= 4 is 28.5 Å². The number of amides is 1. The van der Waals surface area contributed by atoms with Crippen LogP contribution in [-0.2, 0) is 6.54 Å². The zero-order valence-electron chi connectivity index (χ0n) is 12.8. The molecule has 1 aromatic carbocycles. The largest absolute Gasteiger partial charge is 0.497 e. The van der Waals surface area contributed by atoms with Gasteiger partial charge in [0.2, 0.25) is 0 Å². The number of nitrogens with zero attached hydrogens (tertiary/aromatic N) is 2. The molecule has 1 amide bonds. The summed E-state index contributed by atoms with van der Waals surface area (Å²) in [6.07, 6.45) is 3.18. The molecule has 3 aromatic rings. The molecule has 7 nitrogen and oxygen atoms in total. The number of rotatable bonds is 5. The van der Waals surface area contributed by atoms with Crippen molar-refractivity contribution in [3.63, 3.8) is 0 Å². The summed E-state index contributed by atoms with van der Waals surface area (Å²) in [5.74, 6) is 0.176. The Balaban J connectivity index is 1.80. The molecule has 0 aliphatic heterocycles. The summed E-state index contributed by atoms with van der Waals surface area (Å²) in [7, 11) is 1.51. The predicted molar refractivity (Wildman–Crippen MR) is 88.6 cm³/mol. The number of nitrogens with one attached hydrogen (secondary N) is 1. The maximum atomic E-state index is 12.4. The summed E-state index contributed by atoms with van der Waals surface area (Å²) in [6.45, 7) is 0.806. The van der Waals surface area contributed by atoms with Gasteiger partial charge in [0.1, 0.15) is 11.3 Å². The van der Waals surface area contributed by atoms with Crippen molar-refractivity contribution in [3.8, 4) is 5.75 Å². The second-order valence-corrected chi connectivity index (χ2v) is 5.46. The molecule has 0 bridgehead atoms. The van der Waals surface area contributed by atoms with Crippen LogP contribution >= 0.6 is 11.6 Å². The van der Waals surface area contributed by atoms with Crippen LogP contribution in [0.2, 0.25) is 5.02 Å². The molecule has 0 aliphatic carbocycles. The zero-order valence-corrected chi connectivity index (χ0v) is 13.5. The lowest BCUT2D eigenvalue weighted by Crippen LogP contribution is -2.28. The van der Waals surface area contributed by atoms with E-state index in [-0.39, 0.29) is 11.5 Å². The smallest absolute Gasteiger partial charge is 0.337 e. The van der Waals surface area contributed by atoms with E-state index in [9.17, 15) is 9.59 Å². The van der Waals surface area contributed by atoms with Gasteiger partial charge in [0.25, 0.3) is 5.91 Å². The molecule has 3 rings (SSSR count). The van der Waals surface area contributed by atoms with E-state index in [2.05, 4.69) is 10.4 Å². The van der Waals surface area contributed by atoms with Crippen LogP contribution in [0.4, 0.5) is 0 Å². The van der Waals surface area contributed by atoms with Crippen molar-refractivity contribution in [1.82, 2.24) is 15.1 Å². The number of hydrogen-bond donors (Lipinski definition) is 1.